The molecule has 0 saturated heterocycles. The van der Waals surface area contributed by atoms with Crippen LogP contribution in [0.1, 0.15) is 64.2 Å². The Kier molecular flexibility index (Phi) is 6.39. The van der Waals surface area contributed by atoms with Crippen molar-refractivity contribution in [2.75, 3.05) is 17.2 Å². The van der Waals surface area contributed by atoms with E-state index in [-0.39, 0.29) is 11.1 Å². The normalized spacial score (nSPS) is 14.9. The average molecular weight is 414 g/mol. The lowest BCUT2D eigenvalue weighted by Gasteiger charge is -2.31. The van der Waals surface area contributed by atoms with Gasteiger partial charge in [-0.15, -0.1) is 0 Å². The zero-order valence-corrected chi connectivity index (χ0v) is 18.1. The number of halogens is 2. The van der Waals surface area contributed by atoms with Crippen molar-refractivity contribution in [3.8, 4) is 0 Å². The van der Waals surface area contributed by atoms with Crippen molar-refractivity contribution < 1.29 is 8.78 Å². The van der Waals surface area contributed by atoms with E-state index in [1.54, 1.807) is 0 Å². The molecule has 0 atom stereocenters. The summed E-state index contributed by atoms with van der Waals surface area (Å²) < 4.78 is 26.1. The van der Waals surface area contributed by atoms with Crippen LogP contribution in [-0.4, -0.2) is 27.0 Å². The monoisotopic (exact) mass is 413 g/mol. The number of alkyl halides is 2. The molecule has 3 rings (SSSR count). The van der Waals surface area contributed by atoms with Gasteiger partial charge < -0.3 is 15.5 Å². The van der Waals surface area contributed by atoms with Gasteiger partial charge in [0.2, 0.25) is 0 Å². The van der Waals surface area contributed by atoms with E-state index >= 15 is 0 Å². The van der Waals surface area contributed by atoms with Crippen molar-refractivity contribution in [1.82, 2.24) is 14.9 Å². The van der Waals surface area contributed by atoms with Gasteiger partial charge in [-0.3, -0.25) is 0 Å². The first kappa shape index (κ1) is 21.7. The third kappa shape index (κ3) is 4.96. The number of nitrogens with one attached hydrogen (secondary N) is 2. The van der Waals surface area contributed by atoms with Crippen LogP contribution >= 0.6 is 0 Å². The highest BCUT2D eigenvalue weighted by Gasteiger charge is 2.24. The smallest absolute Gasteiger partial charge is 0.264 e. The molecule has 0 amide bonds. The number of rotatable bonds is 6. The summed E-state index contributed by atoms with van der Waals surface area (Å²) in [4.78, 5) is 11.1. The van der Waals surface area contributed by atoms with Crippen molar-refractivity contribution in [1.29, 1.82) is 0 Å². The molecule has 0 fully saturated rings. The first-order chi connectivity index (χ1) is 14.2. The minimum atomic E-state index is -2.55. The van der Waals surface area contributed by atoms with E-state index in [1.807, 2.05) is 6.07 Å². The molecule has 2 aromatic heterocycles. The van der Waals surface area contributed by atoms with Gasteiger partial charge in [-0.2, -0.15) is 0 Å². The second-order valence-electron chi connectivity index (χ2n) is 8.19. The van der Waals surface area contributed by atoms with E-state index in [0.717, 1.165) is 35.6 Å². The maximum atomic E-state index is 13.0. The molecule has 3 heterocycles. The molecule has 0 radical (unpaired) electrons. The highest BCUT2D eigenvalue weighted by atomic mass is 19.3. The second kappa shape index (κ2) is 8.81. The van der Waals surface area contributed by atoms with E-state index in [2.05, 4.69) is 73.5 Å². The van der Waals surface area contributed by atoms with Gasteiger partial charge in [-0.1, -0.05) is 13.0 Å². The number of pyridine rings is 2. The maximum absolute atomic E-state index is 13.0. The summed E-state index contributed by atoms with van der Waals surface area (Å²) in [6, 6.07) is 4.58. The topological polar surface area (TPSA) is 53.1 Å². The Bertz CT molecular complexity index is 961. The van der Waals surface area contributed by atoms with Crippen LogP contribution in [-0.2, 0) is 0 Å². The number of allylic oxidation sites excluding steroid dienone is 1. The Labute approximate surface area is 176 Å². The molecule has 1 aliphatic rings. The van der Waals surface area contributed by atoms with E-state index in [0.29, 0.717) is 11.6 Å². The van der Waals surface area contributed by atoms with Gasteiger partial charge in [-0.05, 0) is 64.0 Å². The second-order valence-corrected chi connectivity index (χ2v) is 8.19. The molecule has 0 aromatic carbocycles. The molecule has 0 unspecified atom stereocenters. The van der Waals surface area contributed by atoms with Crippen LogP contribution in [0.15, 0.2) is 36.7 Å². The molecule has 0 saturated carbocycles. The van der Waals surface area contributed by atoms with E-state index in [1.165, 1.54) is 18.3 Å². The first-order valence-electron chi connectivity index (χ1n) is 10.2. The highest BCUT2D eigenvalue weighted by Crippen LogP contribution is 2.37. The molecule has 0 bridgehead atoms. The third-order valence-electron chi connectivity index (χ3n) is 4.57. The molecule has 2 N–H and O–H groups in total. The lowest BCUT2D eigenvalue weighted by atomic mass is 9.99. The molecular formula is C23H29F2N5. The van der Waals surface area contributed by atoms with Gasteiger partial charge in [0, 0.05) is 41.3 Å². The van der Waals surface area contributed by atoms with Crippen molar-refractivity contribution >= 4 is 29.2 Å². The Morgan fingerprint density at radius 3 is 2.57 bits per heavy atom. The van der Waals surface area contributed by atoms with Crippen LogP contribution in [0.4, 0.5) is 26.2 Å². The standard InChI is InChI=1S/C23H29F2N5/c1-6-8-17-20-15(10-12-30(17)7-2)13-19(28-22(20)29-23(3,4)5)27-18-14-16(21(24)25)9-11-26-18/h8-14,21H,6-7H2,1-5H3,(H2,26,27,28,29). The van der Waals surface area contributed by atoms with E-state index in [4.69, 9.17) is 4.98 Å². The van der Waals surface area contributed by atoms with Crippen LogP contribution in [0.3, 0.4) is 0 Å². The van der Waals surface area contributed by atoms with Crippen LogP contribution in [0.5, 0.6) is 0 Å². The van der Waals surface area contributed by atoms with Gasteiger partial charge in [0.25, 0.3) is 6.43 Å². The summed E-state index contributed by atoms with van der Waals surface area (Å²) in [6.45, 7) is 11.3. The fourth-order valence-electron chi connectivity index (χ4n) is 3.34. The molecule has 1 aliphatic heterocycles. The predicted molar refractivity (Wildman–Crippen MR) is 120 cm³/mol. The van der Waals surface area contributed by atoms with E-state index in [9.17, 15) is 8.78 Å². The number of nitrogens with zero attached hydrogens (tertiary/aromatic N) is 3. The van der Waals surface area contributed by atoms with Crippen LogP contribution in [0.25, 0.3) is 11.8 Å². The number of hydrogen-bond acceptors (Lipinski definition) is 5. The summed E-state index contributed by atoms with van der Waals surface area (Å²) in [6.07, 6.45) is 6.03. The van der Waals surface area contributed by atoms with Crippen LogP contribution in [0.2, 0.25) is 0 Å². The molecule has 30 heavy (non-hydrogen) atoms. The van der Waals surface area contributed by atoms with Gasteiger partial charge >= 0.3 is 0 Å². The number of aromatic nitrogens is 2. The van der Waals surface area contributed by atoms with E-state index < -0.39 is 6.43 Å². The lowest BCUT2D eigenvalue weighted by Crippen LogP contribution is -2.29. The lowest BCUT2D eigenvalue weighted by molar-refractivity contribution is 0.151. The summed E-state index contributed by atoms with van der Waals surface area (Å²) in [5.41, 5.74) is 2.87. The van der Waals surface area contributed by atoms with Gasteiger partial charge in [-0.25, -0.2) is 18.7 Å². The fraction of sp³-hybridized carbons (Fsp3) is 0.391. The van der Waals surface area contributed by atoms with Crippen molar-refractivity contribution in [3.05, 3.63) is 53.4 Å². The van der Waals surface area contributed by atoms with Gasteiger partial charge in [0.1, 0.15) is 17.5 Å². The molecule has 160 valence electrons. The van der Waals surface area contributed by atoms with Crippen molar-refractivity contribution in [3.63, 3.8) is 0 Å². The molecule has 0 aliphatic carbocycles. The average Bonchev–Trinajstić information content (AvgIpc) is 2.67. The zero-order valence-electron chi connectivity index (χ0n) is 18.1. The SMILES string of the molecule is CCC=C1c2c(cc(Nc3cc(C(F)F)ccn3)nc2NC(C)(C)C)C=CN1CC. The predicted octanol–water partition coefficient (Wildman–Crippen LogP) is 6.43. The van der Waals surface area contributed by atoms with Crippen LogP contribution in [0, 0.1) is 0 Å². The summed E-state index contributed by atoms with van der Waals surface area (Å²) in [7, 11) is 0. The Morgan fingerprint density at radius 2 is 1.93 bits per heavy atom. The molecule has 7 heteroatoms. The highest BCUT2D eigenvalue weighted by molar-refractivity contribution is 5.86. The maximum Gasteiger partial charge on any atom is 0.264 e. The summed E-state index contributed by atoms with van der Waals surface area (Å²) in [5, 5.41) is 6.59. The first-order valence-corrected chi connectivity index (χ1v) is 10.2. The van der Waals surface area contributed by atoms with Crippen LogP contribution < -0.4 is 10.6 Å². The van der Waals surface area contributed by atoms with Crippen molar-refractivity contribution in [2.24, 2.45) is 0 Å². The quantitative estimate of drug-likeness (QED) is 0.572. The summed E-state index contributed by atoms with van der Waals surface area (Å²) in [5.74, 6) is 1.63. The number of anilines is 3. The number of fused-ring (bicyclic) bond motifs is 1. The Morgan fingerprint density at radius 1 is 1.17 bits per heavy atom. The minimum Gasteiger partial charge on any atom is -0.365 e. The third-order valence-corrected chi connectivity index (χ3v) is 4.57. The number of hydrogen-bond donors (Lipinski definition) is 2. The van der Waals surface area contributed by atoms with Gasteiger partial charge in [0.05, 0.1) is 0 Å². The molecular weight excluding hydrogens is 384 g/mol. The van der Waals surface area contributed by atoms with Gasteiger partial charge in [0.15, 0.2) is 0 Å². The largest absolute Gasteiger partial charge is 0.365 e. The fourth-order valence-corrected chi connectivity index (χ4v) is 3.34. The molecule has 0 spiro atoms. The molecule has 5 nitrogen and oxygen atoms in total. The zero-order chi connectivity index (χ0) is 21.9. The minimum absolute atomic E-state index is 0.0786. The van der Waals surface area contributed by atoms with Crippen molar-refractivity contribution in [2.45, 2.75) is 53.0 Å². The molecule has 2 aromatic rings. The summed E-state index contributed by atoms with van der Waals surface area (Å²) >= 11 is 0. The Balaban J connectivity index is 2.09. The Hall–Kier alpha value is -2.96.